The van der Waals surface area contributed by atoms with E-state index in [4.69, 9.17) is 0 Å². The molecule has 10 heteroatoms. The van der Waals surface area contributed by atoms with Crippen molar-refractivity contribution in [1.29, 1.82) is 0 Å². The highest BCUT2D eigenvalue weighted by molar-refractivity contribution is 9.10. The standard InChI is InChI=1S/C24H25BrN4O4S/c25-20-6-9-22(10-7-20)34(32,33)28-16-14-27(15-17-28)21-8-11-24(29(30)31)23(18-21)26-13-12-19-4-2-1-3-5-19/h1-11,18,26H,12-17H2. The van der Waals surface area contributed by atoms with Crippen molar-refractivity contribution in [3.8, 4) is 0 Å². The van der Waals surface area contributed by atoms with E-state index < -0.39 is 14.9 Å². The molecule has 1 heterocycles. The quantitative estimate of drug-likeness (QED) is 0.330. The molecule has 0 aliphatic carbocycles. The highest BCUT2D eigenvalue weighted by Crippen LogP contribution is 2.31. The maximum absolute atomic E-state index is 13.0. The van der Waals surface area contributed by atoms with E-state index >= 15 is 0 Å². The molecular formula is C24H25BrN4O4S. The van der Waals surface area contributed by atoms with E-state index in [1.54, 1.807) is 36.4 Å². The monoisotopic (exact) mass is 544 g/mol. The van der Waals surface area contributed by atoms with Gasteiger partial charge in [0.15, 0.2) is 0 Å². The van der Waals surface area contributed by atoms with Crippen LogP contribution in [0.25, 0.3) is 0 Å². The Balaban J connectivity index is 1.43. The number of nitro benzene ring substituents is 1. The Morgan fingerprint density at radius 2 is 1.62 bits per heavy atom. The molecule has 3 aromatic carbocycles. The second kappa shape index (κ2) is 10.5. The summed E-state index contributed by atoms with van der Waals surface area (Å²) < 4.78 is 28.2. The summed E-state index contributed by atoms with van der Waals surface area (Å²) in [6.07, 6.45) is 0.745. The predicted molar refractivity (Wildman–Crippen MR) is 137 cm³/mol. The second-order valence-electron chi connectivity index (χ2n) is 7.97. The molecule has 0 unspecified atom stereocenters. The lowest BCUT2D eigenvalue weighted by Crippen LogP contribution is -2.48. The van der Waals surface area contributed by atoms with Crippen molar-refractivity contribution in [2.75, 3.05) is 42.9 Å². The largest absolute Gasteiger partial charge is 0.379 e. The number of rotatable bonds is 8. The number of sulfonamides is 1. The highest BCUT2D eigenvalue weighted by Gasteiger charge is 2.29. The summed E-state index contributed by atoms with van der Waals surface area (Å²) >= 11 is 3.33. The number of hydrogen-bond donors (Lipinski definition) is 1. The minimum Gasteiger partial charge on any atom is -0.379 e. The summed E-state index contributed by atoms with van der Waals surface area (Å²) in [5.74, 6) is 0. The van der Waals surface area contributed by atoms with E-state index in [0.29, 0.717) is 38.4 Å². The Morgan fingerprint density at radius 3 is 2.26 bits per heavy atom. The van der Waals surface area contributed by atoms with Crippen LogP contribution in [0.15, 0.2) is 82.2 Å². The van der Waals surface area contributed by atoms with Gasteiger partial charge in [0.1, 0.15) is 5.69 Å². The molecule has 1 aliphatic heterocycles. The van der Waals surface area contributed by atoms with Crippen molar-refractivity contribution in [2.45, 2.75) is 11.3 Å². The number of anilines is 2. The number of nitrogens with one attached hydrogen (secondary N) is 1. The Hall–Kier alpha value is -2.95. The third kappa shape index (κ3) is 5.57. The van der Waals surface area contributed by atoms with Gasteiger partial charge >= 0.3 is 0 Å². The first-order chi connectivity index (χ1) is 16.3. The fourth-order valence-corrected chi connectivity index (χ4v) is 5.64. The molecule has 4 rings (SSSR count). The van der Waals surface area contributed by atoms with E-state index in [1.807, 2.05) is 30.3 Å². The fraction of sp³-hybridized carbons (Fsp3) is 0.250. The lowest BCUT2D eigenvalue weighted by atomic mass is 10.1. The Morgan fingerprint density at radius 1 is 0.941 bits per heavy atom. The van der Waals surface area contributed by atoms with E-state index in [1.165, 1.54) is 10.4 Å². The topological polar surface area (TPSA) is 95.8 Å². The molecular weight excluding hydrogens is 520 g/mol. The minimum atomic E-state index is -3.56. The summed E-state index contributed by atoms with van der Waals surface area (Å²) in [5.41, 5.74) is 2.46. The van der Waals surface area contributed by atoms with Crippen LogP contribution in [0.1, 0.15) is 5.56 Å². The van der Waals surface area contributed by atoms with E-state index in [0.717, 1.165) is 22.1 Å². The van der Waals surface area contributed by atoms with Gasteiger partial charge in [0.05, 0.1) is 9.82 Å². The van der Waals surface area contributed by atoms with Gasteiger partial charge in [0.25, 0.3) is 5.69 Å². The lowest BCUT2D eigenvalue weighted by molar-refractivity contribution is -0.383. The zero-order valence-corrected chi connectivity index (χ0v) is 20.8. The van der Waals surface area contributed by atoms with Gasteiger partial charge in [0.2, 0.25) is 10.0 Å². The van der Waals surface area contributed by atoms with Crippen LogP contribution in [-0.2, 0) is 16.4 Å². The van der Waals surface area contributed by atoms with Crippen LogP contribution in [0.5, 0.6) is 0 Å². The highest BCUT2D eigenvalue weighted by atomic mass is 79.9. The zero-order chi connectivity index (χ0) is 24.1. The number of hydrogen-bond acceptors (Lipinski definition) is 6. The summed E-state index contributed by atoms with van der Waals surface area (Å²) in [7, 11) is -3.56. The van der Waals surface area contributed by atoms with Crippen molar-refractivity contribution >= 4 is 43.0 Å². The summed E-state index contributed by atoms with van der Waals surface area (Å²) in [6, 6.07) is 21.6. The Bertz CT molecular complexity index is 1250. The maximum Gasteiger partial charge on any atom is 0.292 e. The first-order valence-corrected chi connectivity index (χ1v) is 13.1. The van der Waals surface area contributed by atoms with Crippen molar-refractivity contribution < 1.29 is 13.3 Å². The van der Waals surface area contributed by atoms with Crippen molar-refractivity contribution in [3.05, 3.63) is 92.9 Å². The third-order valence-corrected chi connectivity index (χ3v) is 8.25. The fourth-order valence-electron chi connectivity index (χ4n) is 3.95. The summed E-state index contributed by atoms with van der Waals surface area (Å²) in [6.45, 7) is 2.24. The average molecular weight is 545 g/mol. The molecule has 0 saturated carbocycles. The molecule has 3 aromatic rings. The molecule has 1 aliphatic rings. The number of nitro groups is 1. The number of nitrogens with zero attached hydrogens (tertiary/aromatic N) is 3. The predicted octanol–water partition coefficient (Wildman–Crippen LogP) is 4.52. The SMILES string of the molecule is O=[N+]([O-])c1ccc(N2CCN(S(=O)(=O)c3ccc(Br)cc3)CC2)cc1NCCc1ccccc1. The van der Waals surface area contributed by atoms with Crippen molar-refractivity contribution in [2.24, 2.45) is 0 Å². The maximum atomic E-state index is 13.0. The molecule has 1 saturated heterocycles. The van der Waals surface area contributed by atoms with E-state index in [2.05, 4.69) is 26.1 Å². The van der Waals surface area contributed by atoms with E-state index in [9.17, 15) is 18.5 Å². The molecule has 0 aromatic heterocycles. The Labute approximate surface area is 207 Å². The summed E-state index contributed by atoms with van der Waals surface area (Å²) in [4.78, 5) is 13.5. The molecule has 34 heavy (non-hydrogen) atoms. The van der Waals surface area contributed by atoms with Crippen LogP contribution in [-0.4, -0.2) is 50.4 Å². The normalized spacial score (nSPS) is 14.7. The van der Waals surface area contributed by atoms with Crippen LogP contribution < -0.4 is 10.2 Å². The number of benzene rings is 3. The zero-order valence-electron chi connectivity index (χ0n) is 18.4. The molecule has 0 amide bonds. The van der Waals surface area contributed by atoms with Gasteiger partial charge in [-0.1, -0.05) is 46.3 Å². The van der Waals surface area contributed by atoms with Crippen molar-refractivity contribution in [1.82, 2.24) is 4.31 Å². The number of halogens is 1. The van der Waals surface area contributed by atoms with Crippen LogP contribution in [0.4, 0.5) is 17.1 Å². The van der Waals surface area contributed by atoms with Crippen LogP contribution in [0.2, 0.25) is 0 Å². The van der Waals surface area contributed by atoms with Crippen LogP contribution in [0.3, 0.4) is 0 Å². The molecule has 178 valence electrons. The molecule has 1 N–H and O–H groups in total. The smallest absolute Gasteiger partial charge is 0.292 e. The van der Waals surface area contributed by atoms with Gasteiger partial charge in [-0.2, -0.15) is 4.31 Å². The second-order valence-corrected chi connectivity index (χ2v) is 10.8. The lowest BCUT2D eigenvalue weighted by Gasteiger charge is -2.35. The number of piperazine rings is 1. The van der Waals surface area contributed by atoms with Gasteiger partial charge in [0, 0.05) is 49.0 Å². The van der Waals surface area contributed by atoms with Gasteiger partial charge in [-0.15, -0.1) is 0 Å². The van der Waals surface area contributed by atoms with Crippen molar-refractivity contribution in [3.63, 3.8) is 0 Å². The molecule has 0 radical (unpaired) electrons. The molecule has 0 atom stereocenters. The Kier molecular flexibility index (Phi) is 7.50. The average Bonchev–Trinajstić information content (AvgIpc) is 2.85. The summed E-state index contributed by atoms with van der Waals surface area (Å²) in [5, 5.41) is 14.7. The van der Waals surface area contributed by atoms with Gasteiger partial charge < -0.3 is 10.2 Å². The van der Waals surface area contributed by atoms with E-state index in [-0.39, 0.29) is 10.6 Å². The van der Waals surface area contributed by atoms with Gasteiger partial charge in [-0.3, -0.25) is 10.1 Å². The third-order valence-electron chi connectivity index (χ3n) is 5.80. The van der Waals surface area contributed by atoms with Gasteiger partial charge in [-0.05, 0) is 48.4 Å². The first-order valence-electron chi connectivity index (χ1n) is 10.9. The minimum absolute atomic E-state index is 0.0215. The van der Waals surface area contributed by atoms with Gasteiger partial charge in [-0.25, -0.2) is 8.42 Å². The van der Waals surface area contributed by atoms with Crippen LogP contribution in [0, 0.1) is 10.1 Å². The molecule has 1 fully saturated rings. The molecule has 8 nitrogen and oxygen atoms in total. The first kappa shape index (κ1) is 24.2. The molecule has 0 spiro atoms. The van der Waals surface area contributed by atoms with Crippen LogP contribution >= 0.6 is 15.9 Å². The molecule has 0 bridgehead atoms.